The van der Waals surface area contributed by atoms with Crippen molar-refractivity contribution in [1.29, 1.82) is 5.26 Å². The molecule has 0 radical (unpaired) electrons. The normalized spacial score (nSPS) is 13.1. The highest BCUT2D eigenvalue weighted by atomic mass is 32.1. The number of fused-ring (bicyclic) bond motifs is 1. The van der Waals surface area contributed by atoms with Crippen molar-refractivity contribution in [1.82, 2.24) is 10.1 Å². The van der Waals surface area contributed by atoms with Gasteiger partial charge in [-0.05, 0) is 45.2 Å². The second kappa shape index (κ2) is 8.99. The van der Waals surface area contributed by atoms with Crippen molar-refractivity contribution in [3.05, 3.63) is 27.8 Å². The average molecular weight is 401 g/mol. The van der Waals surface area contributed by atoms with Gasteiger partial charge in [0.05, 0.1) is 12.1 Å². The molecule has 28 heavy (non-hydrogen) atoms. The van der Waals surface area contributed by atoms with Crippen molar-refractivity contribution < 1.29 is 14.1 Å². The van der Waals surface area contributed by atoms with Crippen molar-refractivity contribution >= 4 is 34.0 Å². The Hall–Kier alpha value is -2.70. The molecule has 2 amide bonds. The second-order valence-corrected chi connectivity index (χ2v) is 8.04. The molecule has 0 saturated heterocycles. The lowest BCUT2D eigenvalue weighted by atomic mass is 9.96. The Morgan fingerprint density at radius 3 is 2.82 bits per heavy atom. The number of amides is 2. The number of carbonyl (C=O) groups is 2. The maximum absolute atomic E-state index is 12.3. The summed E-state index contributed by atoms with van der Waals surface area (Å²) in [5.41, 5.74) is 1.72. The van der Waals surface area contributed by atoms with E-state index in [2.05, 4.69) is 21.9 Å². The summed E-state index contributed by atoms with van der Waals surface area (Å²) in [7, 11) is 1.77. The van der Waals surface area contributed by atoms with Crippen LogP contribution in [0.4, 0.5) is 10.8 Å². The number of anilines is 2. The average Bonchev–Trinajstić information content (AvgIpc) is 3.22. The van der Waals surface area contributed by atoms with Crippen LogP contribution in [-0.4, -0.2) is 42.0 Å². The molecule has 1 aliphatic rings. The highest BCUT2D eigenvalue weighted by Gasteiger charge is 2.21. The predicted octanol–water partition coefficient (Wildman–Crippen LogP) is 2.69. The fourth-order valence-electron chi connectivity index (χ4n) is 3.19. The minimum atomic E-state index is -0.228. The molecule has 148 valence electrons. The lowest BCUT2D eigenvalue weighted by Gasteiger charge is -2.15. The van der Waals surface area contributed by atoms with Crippen LogP contribution < -0.4 is 10.6 Å². The smallest absolute Gasteiger partial charge is 0.239 e. The molecule has 0 fully saturated rings. The van der Waals surface area contributed by atoms with Gasteiger partial charge in [-0.3, -0.25) is 14.5 Å². The van der Waals surface area contributed by atoms with Gasteiger partial charge in [0.25, 0.3) is 0 Å². The first kappa shape index (κ1) is 20.0. The van der Waals surface area contributed by atoms with Gasteiger partial charge < -0.3 is 15.2 Å². The summed E-state index contributed by atoms with van der Waals surface area (Å²) >= 11 is 1.51. The van der Waals surface area contributed by atoms with E-state index in [1.165, 1.54) is 16.2 Å². The van der Waals surface area contributed by atoms with E-state index < -0.39 is 0 Å². The SMILES string of the molecule is Cc1cc(NC(=O)CN(C)CCC(=O)Nc2sc3c(c2C#N)CCCC3)no1. The number of hydrogen-bond donors (Lipinski definition) is 2. The molecule has 0 saturated carbocycles. The van der Waals surface area contributed by atoms with E-state index in [1.54, 1.807) is 24.9 Å². The lowest BCUT2D eigenvalue weighted by Crippen LogP contribution is -2.32. The van der Waals surface area contributed by atoms with Gasteiger partial charge in [0, 0.05) is 23.9 Å². The molecule has 3 rings (SSSR count). The van der Waals surface area contributed by atoms with Crippen molar-refractivity contribution in [3.8, 4) is 6.07 Å². The van der Waals surface area contributed by atoms with E-state index in [9.17, 15) is 14.9 Å². The third-order valence-corrected chi connectivity index (χ3v) is 5.77. The Bertz CT molecular complexity index is 911. The van der Waals surface area contributed by atoms with Crippen LogP contribution in [0.25, 0.3) is 0 Å². The third kappa shape index (κ3) is 4.97. The van der Waals surface area contributed by atoms with E-state index >= 15 is 0 Å². The highest BCUT2D eigenvalue weighted by molar-refractivity contribution is 7.16. The van der Waals surface area contributed by atoms with Gasteiger partial charge >= 0.3 is 0 Å². The van der Waals surface area contributed by atoms with E-state index in [4.69, 9.17) is 4.52 Å². The van der Waals surface area contributed by atoms with Gasteiger partial charge in [-0.25, -0.2) is 0 Å². The number of thiophene rings is 1. The largest absolute Gasteiger partial charge is 0.360 e. The van der Waals surface area contributed by atoms with Crippen LogP contribution in [0.5, 0.6) is 0 Å². The number of aryl methyl sites for hydroxylation is 2. The van der Waals surface area contributed by atoms with Gasteiger partial charge in [-0.15, -0.1) is 11.3 Å². The molecule has 0 unspecified atom stereocenters. The molecule has 0 aliphatic heterocycles. The summed E-state index contributed by atoms with van der Waals surface area (Å²) in [6, 6.07) is 3.88. The Kier molecular flexibility index (Phi) is 6.44. The summed E-state index contributed by atoms with van der Waals surface area (Å²) < 4.78 is 4.90. The molecule has 1 aliphatic carbocycles. The van der Waals surface area contributed by atoms with Crippen LogP contribution in [-0.2, 0) is 22.4 Å². The topological polar surface area (TPSA) is 111 Å². The fraction of sp³-hybridized carbons (Fsp3) is 0.474. The van der Waals surface area contributed by atoms with E-state index in [-0.39, 0.29) is 24.8 Å². The first-order valence-corrected chi connectivity index (χ1v) is 10.0. The number of nitrogens with one attached hydrogen (secondary N) is 2. The van der Waals surface area contributed by atoms with E-state index in [1.807, 2.05) is 0 Å². The third-order valence-electron chi connectivity index (χ3n) is 4.57. The van der Waals surface area contributed by atoms with Gasteiger partial charge in [-0.2, -0.15) is 5.26 Å². The van der Waals surface area contributed by atoms with Crippen LogP contribution >= 0.6 is 11.3 Å². The first-order valence-electron chi connectivity index (χ1n) is 9.22. The summed E-state index contributed by atoms with van der Waals surface area (Å²) in [5, 5.41) is 19.3. The van der Waals surface area contributed by atoms with Gasteiger partial charge in [0.1, 0.15) is 16.8 Å². The Morgan fingerprint density at radius 1 is 1.32 bits per heavy atom. The zero-order valence-corrected chi connectivity index (χ0v) is 16.8. The van der Waals surface area contributed by atoms with Gasteiger partial charge in [-0.1, -0.05) is 5.16 Å². The molecule has 9 heteroatoms. The molecule has 2 aromatic rings. The van der Waals surface area contributed by atoms with Crippen LogP contribution in [0.3, 0.4) is 0 Å². The zero-order valence-electron chi connectivity index (χ0n) is 16.0. The summed E-state index contributed by atoms with van der Waals surface area (Å²) in [4.78, 5) is 27.3. The Morgan fingerprint density at radius 2 is 2.11 bits per heavy atom. The molecule has 2 N–H and O–H groups in total. The molecular formula is C19H23N5O3S. The van der Waals surface area contributed by atoms with Crippen molar-refractivity contribution in [2.75, 3.05) is 30.8 Å². The number of nitriles is 1. The maximum atomic E-state index is 12.3. The minimum absolute atomic E-state index is 0.135. The second-order valence-electron chi connectivity index (χ2n) is 6.93. The standard InChI is InChI=1S/C19H23N5O3S/c1-12-9-16(23-27-12)21-18(26)11-24(2)8-7-17(25)22-19-14(10-20)13-5-3-4-6-15(13)28-19/h9H,3-8,11H2,1-2H3,(H,22,25)(H,21,23,26). The van der Waals surface area contributed by atoms with Crippen molar-refractivity contribution in [2.45, 2.75) is 39.0 Å². The van der Waals surface area contributed by atoms with Crippen molar-refractivity contribution in [3.63, 3.8) is 0 Å². The molecule has 0 spiro atoms. The van der Waals surface area contributed by atoms with Crippen LogP contribution in [0.1, 0.15) is 41.0 Å². The Balaban J connectivity index is 1.47. The predicted molar refractivity (Wildman–Crippen MR) is 106 cm³/mol. The maximum Gasteiger partial charge on any atom is 0.239 e. The summed E-state index contributed by atoms with van der Waals surface area (Å²) in [6.45, 7) is 2.30. The molecule has 0 bridgehead atoms. The Labute approximate surface area is 167 Å². The van der Waals surface area contributed by atoms with E-state index in [0.29, 0.717) is 28.7 Å². The number of nitrogens with zero attached hydrogens (tertiary/aromatic N) is 3. The van der Waals surface area contributed by atoms with Crippen molar-refractivity contribution in [2.24, 2.45) is 0 Å². The number of aromatic nitrogens is 1. The molecule has 0 aromatic carbocycles. The molecular weight excluding hydrogens is 378 g/mol. The van der Waals surface area contributed by atoms with Crippen LogP contribution in [0.2, 0.25) is 0 Å². The highest BCUT2D eigenvalue weighted by Crippen LogP contribution is 2.37. The molecule has 2 heterocycles. The summed E-state index contributed by atoms with van der Waals surface area (Å²) in [5.74, 6) is 0.607. The van der Waals surface area contributed by atoms with Gasteiger partial charge in [0.15, 0.2) is 5.82 Å². The minimum Gasteiger partial charge on any atom is -0.360 e. The molecule has 2 aromatic heterocycles. The monoisotopic (exact) mass is 401 g/mol. The lowest BCUT2D eigenvalue weighted by molar-refractivity contribution is -0.119. The number of carbonyl (C=O) groups excluding carboxylic acids is 2. The number of rotatable bonds is 7. The first-order chi connectivity index (χ1) is 13.5. The molecule has 0 atom stereocenters. The van der Waals surface area contributed by atoms with Gasteiger partial charge in [0.2, 0.25) is 11.8 Å². The van der Waals surface area contributed by atoms with Crippen LogP contribution in [0.15, 0.2) is 10.6 Å². The molecule has 8 nitrogen and oxygen atoms in total. The number of likely N-dealkylation sites (N-methyl/N-ethyl adjacent to an activating group) is 1. The number of hydrogen-bond acceptors (Lipinski definition) is 7. The zero-order chi connectivity index (χ0) is 20.1. The van der Waals surface area contributed by atoms with E-state index in [0.717, 1.165) is 31.2 Å². The summed E-state index contributed by atoms with van der Waals surface area (Å²) in [6.07, 6.45) is 4.35. The van der Waals surface area contributed by atoms with Crippen LogP contribution in [0, 0.1) is 18.3 Å². The fourth-order valence-corrected chi connectivity index (χ4v) is 4.44. The quantitative estimate of drug-likeness (QED) is 0.738.